The Balaban J connectivity index is 1.52. The maximum atomic E-state index is 14.7. The van der Waals surface area contributed by atoms with Crippen LogP contribution in [0.5, 0.6) is 0 Å². The van der Waals surface area contributed by atoms with Gasteiger partial charge in [0.05, 0.1) is 23.4 Å². The highest BCUT2D eigenvalue weighted by Crippen LogP contribution is 2.48. The van der Waals surface area contributed by atoms with Gasteiger partial charge in [-0.25, -0.2) is 4.39 Å². The van der Waals surface area contributed by atoms with Gasteiger partial charge in [0.2, 0.25) is 5.91 Å². The van der Waals surface area contributed by atoms with Crippen molar-refractivity contribution < 1.29 is 14.3 Å². The van der Waals surface area contributed by atoms with Crippen LogP contribution in [-0.4, -0.2) is 38.3 Å². The number of rotatable bonds is 3. The number of halogens is 1. The molecule has 0 spiro atoms. The molecule has 172 valence electrons. The minimum Gasteiger partial charge on any atom is -0.390 e. The lowest BCUT2D eigenvalue weighted by atomic mass is 9.97. The van der Waals surface area contributed by atoms with Gasteiger partial charge in [0, 0.05) is 49.7 Å². The number of aliphatic hydroxyl groups is 1. The van der Waals surface area contributed by atoms with Gasteiger partial charge in [0.1, 0.15) is 11.9 Å². The summed E-state index contributed by atoms with van der Waals surface area (Å²) in [7, 11) is 0. The second kappa shape index (κ2) is 7.78. The molecule has 0 saturated heterocycles. The first-order valence-electron chi connectivity index (χ1n) is 11.8. The van der Waals surface area contributed by atoms with Crippen LogP contribution in [0, 0.1) is 17.1 Å². The van der Waals surface area contributed by atoms with Crippen LogP contribution in [0.2, 0.25) is 0 Å². The topological polar surface area (TPSA) is 82.2 Å². The van der Waals surface area contributed by atoms with Crippen molar-refractivity contribution in [3.63, 3.8) is 0 Å². The van der Waals surface area contributed by atoms with E-state index in [1.807, 2.05) is 16.8 Å². The third kappa shape index (κ3) is 3.33. The molecule has 6 rings (SSSR count). The molecule has 3 aliphatic rings. The van der Waals surface area contributed by atoms with Crippen LogP contribution < -0.4 is 0 Å². The number of carbonyl (C=O) groups excluding carboxylic acids is 1. The standard InChI is InChI=1S/C27H25FN4O2/c1-15(33)31-8-7-24-23(14-31)26(18-4-2-3-16(9-18)13-29)30-32(24)27-22-11-19(28)10-20(17-5-6-17)21(22)12-25(27)34/h2-4,9-11,17,25,27,34H,5-8,12,14H2,1H3/t25-,27+/m1/s1. The number of aliphatic hydroxyl groups excluding tert-OH is 1. The van der Waals surface area contributed by atoms with Crippen molar-refractivity contribution in [3.8, 4) is 17.3 Å². The Morgan fingerprint density at radius 1 is 1.21 bits per heavy atom. The van der Waals surface area contributed by atoms with E-state index in [0.717, 1.165) is 46.4 Å². The van der Waals surface area contributed by atoms with E-state index >= 15 is 0 Å². The SMILES string of the molecule is CC(=O)N1CCc2c(c(-c3cccc(C#N)c3)nn2[C@H]2c3cc(F)cc(C4CC4)c3C[C@H]2O)C1. The van der Waals surface area contributed by atoms with Crippen LogP contribution in [0.4, 0.5) is 4.39 Å². The highest BCUT2D eigenvalue weighted by Gasteiger charge is 2.40. The number of benzene rings is 2. The molecule has 7 heteroatoms. The molecule has 1 amide bonds. The monoisotopic (exact) mass is 456 g/mol. The van der Waals surface area contributed by atoms with E-state index < -0.39 is 12.1 Å². The quantitative estimate of drug-likeness (QED) is 0.649. The van der Waals surface area contributed by atoms with Crippen LogP contribution in [0.1, 0.15) is 65.2 Å². The van der Waals surface area contributed by atoms with Crippen molar-refractivity contribution in [2.24, 2.45) is 0 Å². The summed E-state index contributed by atoms with van der Waals surface area (Å²) in [6, 6.07) is 12.1. The van der Waals surface area contributed by atoms with Crippen LogP contribution in [-0.2, 0) is 24.2 Å². The first kappa shape index (κ1) is 21.1. The lowest BCUT2D eigenvalue weighted by Gasteiger charge is -2.28. The summed E-state index contributed by atoms with van der Waals surface area (Å²) in [6.45, 7) is 2.55. The lowest BCUT2D eigenvalue weighted by Crippen LogP contribution is -2.35. The van der Waals surface area contributed by atoms with Gasteiger partial charge >= 0.3 is 0 Å². The molecule has 1 aliphatic heterocycles. The molecule has 2 atom stereocenters. The molecular formula is C27H25FN4O2. The van der Waals surface area contributed by atoms with E-state index in [1.165, 1.54) is 0 Å². The van der Waals surface area contributed by atoms with Gasteiger partial charge in [-0.2, -0.15) is 10.4 Å². The molecule has 0 unspecified atom stereocenters. The fourth-order valence-corrected chi connectivity index (χ4v) is 5.67. The van der Waals surface area contributed by atoms with Crippen molar-refractivity contribution in [3.05, 3.63) is 75.7 Å². The highest BCUT2D eigenvalue weighted by molar-refractivity contribution is 5.75. The van der Waals surface area contributed by atoms with Gasteiger partial charge in [0.15, 0.2) is 0 Å². The van der Waals surface area contributed by atoms with Gasteiger partial charge in [-0.3, -0.25) is 9.48 Å². The van der Waals surface area contributed by atoms with Gasteiger partial charge in [-0.15, -0.1) is 0 Å². The number of carbonyl (C=O) groups is 1. The number of nitriles is 1. The fraction of sp³-hybridized carbons (Fsp3) is 0.370. The van der Waals surface area contributed by atoms with Crippen LogP contribution in [0.25, 0.3) is 11.3 Å². The van der Waals surface area contributed by atoms with Crippen molar-refractivity contribution in [1.82, 2.24) is 14.7 Å². The predicted molar refractivity (Wildman–Crippen MR) is 123 cm³/mol. The van der Waals surface area contributed by atoms with E-state index in [-0.39, 0.29) is 11.7 Å². The molecule has 1 saturated carbocycles. The molecular weight excluding hydrogens is 431 g/mol. The Hall–Kier alpha value is -3.50. The summed E-state index contributed by atoms with van der Waals surface area (Å²) < 4.78 is 16.5. The van der Waals surface area contributed by atoms with Crippen LogP contribution >= 0.6 is 0 Å². The molecule has 0 radical (unpaired) electrons. The molecule has 3 aromatic rings. The van der Waals surface area contributed by atoms with E-state index in [1.54, 1.807) is 36.1 Å². The molecule has 2 heterocycles. The highest BCUT2D eigenvalue weighted by atomic mass is 19.1. The van der Waals surface area contributed by atoms with E-state index in [9.17, 15) is 19.6 Å². The number of aromatic nitrogens is 2. The maximum absolute atomic E-state index is 14.7. The zero-order valence-corrected chi connectivity index (χ0v) is 19.0. The maximum Gasteiger partial charge on any atom is 0.219 e. The largest absolute Gasteiger partial charge is 0.390 e. The Kier molecular flexibility index (Phi) is 4.82. The predicted octanol–water partition coefficient (Wildman–Crippen LogP) is 3.85. The zero-order chi connectivity index (χ0) is 23.6. The Bertz CT molecular complexity index is 1370. The number of fused-ring (bicyclic) bond motifs is 2. The fourth-order valence-electron chi connectivity index (χ4n) is 5.67. The Morgan fingerprint density at radius 2 is 2.00 bits per heavy atom. The minimum atomic E-state index is -0.706. The lowest BCUT2D eigenvalue weighted by molar-refractivity contribution is -0.129. The molecule has 2 aliphatic carbocycles. The first-order valence-corrected chi connectivity index (χ1v) is 11.8. The number of amides is 1. The molecule has 2 aromatic carbocycles. The van der Waals surface area contributed by atoms with Gasteiger partial charge in [-0.1, -0.05) is 12.1 Å². The van der Waals surface area contributed by atoms with E-state index in [4.69, 9.17) is 5.10 Å². The molecule has 6 nitrogen and oxygen atoms in total. The average Bonchev–Trinajstić information content (AvgIpc) is 3.54. The molecule has 34 heavy (non-hydrogen) atoms. The summed E-state index contributed by atoms with van der Waals surface area (Å²) in [5, 5.41) is 25.6. The molecule has 0 bridgehead atoms. The molecule has 1 aromatic heterocycles. The van der Waals surface area contributed by atoms with E-state index in [2.05, 4.69) is 6.07 Å². The Morgan fingerprint density at radius 3 is 2.74 bits per heavy atom. The summed E-state index contributed by atoms with van der Waals surface area (Å²) >= 11 is 0. The third-order valence-electron chi connectivity index (χ3n) is 7.46. The smallest absolute Gasteiger partial charge is 0.219 e. The summed E-state index contributed by atoms with van der Waals surface area (Å²) in [5.74, 6) is 0.110. The van der Waals surface area contributed by atoms with Crippen molar-refractivity contribution in [2.75, 3.05) is 6.54 Å². The van der Waals surface area contributed by atoms with Crippen LogP contribution in [0.15, 0.2) is 36.4 Å². The van der Waals surface area contributed by atoms with Crippen molar-refractivity contribution in [2.45, 2.75) is 57.2 Å². The number of hydrogen-bond donors (Lipinski definition) is 1. The molecule has 1 fully saturated rings. The normalized spacial score (nSPS) is 21.2. The average molecular weight is 457 g/mol. The zero-order valence-electron chi connectivity index (χ0n) is 19.0. The van der Waals surface area contributed by atoms with Crippen LogP contribution in [0.3, 0.4) is 0 Å². The van der Waals surface area contributed by atoms with Crippen molar-refractivity contribution in [1.29, 1.82) is 5.26 Å². The van der Waals surface area contributed by atoms with Crippen molar-refractivity contribution >= 4 is 5.91 Å². The van der Waals surface area contributed by atoms with Gasteiger partial charge < -0.3 is 10.0 Å². The first-order chi connectivity index (χ1) is 16.4. The number of hydrogen-bond acceptors (Lipinski definition) is 4. The van der Waals surface area contributed by atoms with E-state index in [0.29, 0.717) is 43.1 Å². The second-order valence-electron chi connectivity index (χ2n) is 9.65. The molecule has 1 N–H and O–H groups in total. The van der Waals surface area contributed by atoms with Gasteiger partial charge in [-0.05, 0) is 59.7 Å². The minimum absolute atomic E-state index is 0.00230. The second-order valence-corrected chi connectivity index (χ2v) is 9.65. The Labute approximate surface area is 197 Å². The summed E-state index contributed by atoms with van der Waals surface area (Å²) in [4.78, 5) is 13.9. The number of nitrogens with zero attached hydrogens (tertiary/aromatic N) is 4. The third-order valence-corrected chi connectivity index (χ3v) is 7.46. The summed E-state index contributed by atoms with van der Waals surface area (Å²) in [5.41, 5.74) is 6.82. The summed E-state index contributed by atoms with van der Waals surface area (Å²) in [6.07, 6.45) is 2.51. The van der Waals surface area contributed by atoms with Gasteiger partial charge in [0.25, 0.3) is 0 Å².